The lowest BCUT2D eigenvalue weighted by molar-refractivity contribution is 1.01. The van der Waals surface area contributed by atoms with Crippen molar-refractivity contribution < 1.29 is 0 Å². The fourth-order valence-electron chi connectivity index (χ4n) is 1.20. The van der Waals surface area contributed by atoms with Crippen molar-refractivity contribution in [2.24, 2.45) is 0 Å². The number of hydrogen-bond donors (Lipinski definition) is 0. The molecule has 0 unspecified atom stereocenters. The number of hydrogen-bond acceptors (Lipinski definition) is 2. The van der Waals surface area contributed by atoms with Gasteiger partial charge in [0.1, 0.15) is 11.2 Å². The van der Waals surface area contributed by atoms with E-state index in [0.717, 1.165) is 10.2 Å². The number of aromatic nitrogens is 1. The third-order valence-electron chi connectivity index (χ3n) is 2.04. The maximum Gasteiger partial charge on any atom is 0.147 e. The van der Waals surface area contributed by atoms with Crippen LogP contribution in [0.25, 0.3) is 0 Å². The van der Waals surface area contributed by atoms with Gasteiger partial charge in [0.25, 0.3) is 0 Å². The van der Waals surface area contributed by atoms with Crippen molar-refractivity contribution in [3.63, 3.8) is 0 Å². The minimum absolute atomic E-state index is 0.313. The number of nitriles is 1. The zero-order valence-corrected chi connectivity index (χ0v) is 9.06. The van der Waals surface area contributed by atoms with Gasteiger partial charge in [-0.1, -0.05) is 11.6 Å². The highest BCUT2D eigenvalue weighted by molar-refractivity contribution is 9.10. The number of halogens is 2. The van der Waals surface area contributed by atoms with Crippen LogP contribution in [-0.4, -0.2) is 4.98 Å². The SMILES string of the molecule is N#Cc1cc(Br)c(C2CC2)nc1Cl. The summed E-state index contributed by atoms with van der Waals surface area (Å²) in [4.78, 5) is 4.20. The van der Waals surface area contributed by atoms with Crippen molar-refractivity contribution in [1.29, 1.82) is 5.26 Å². The number of nitrogens with zero attached hydrogens (tertiary/aromatic N) is 2. The van der Waals surface area contributed by atoms with Gasteiger partial charge in [0.2, 0.25) is 0 Å². The lowest BCUT2D eigenvalue weighted by atomic mass is 10.2. The fourth-order valence-corrected chi connectivity index (χ4v) is 2.03. The van der Waals surface area contributed by atoms with Crippen LogP contribution in [0.2, 0.25) is 5.15 Å². The monoisotopic (exact) mass is 256 g/mol. The highest BCUT2D eigenvalue weighted by atomic mass is 79.9. The molecule has 13 heavy (non-hydrogen) atoms. The first kappa shape index (κ1) is 8.98. The second-order valence-corrected chi connectivity index (χ2v) is 4.29. The number of pyridine rings is 1. The average Bonchev–Trinajstić information content (AvgIpc) is 2.91. The first-order valence-corrected chi connectivity index (χ1v) is 5.15. The van der Waals surface area contributed by atoms with Gasteiger partial charge in [0, 0.05) is 10.4 Å². The molecule has 1 fully saturated rings. The second-order valence-electron chi connectivity index (χ2n) is 3.08. The van der Waals surface area contributed by atoms with Crippen molar-refractivity contribution in [2.45, 2.75) is 18.8 Å². The van der Waals surface area contributed by atoms with Crippen molar-refractivity contribution in [2.75, 3.05) is 0 Å². The first-order valence-electron chi connectivity index (χ1n) is 3.98. The van der Waals surface area contributed by atoms with E-state index in [1.165, 1.54) is 12.8 Å². The summed E-state index contributed by atoms with van der Waals surface area (Å²) in [5.41, 5.74) is 1.42. The van der Waals surface area contributed by atoms with Gasteiger partial charge in [-0.2, -0.15) is 5.26 Å². The molecule has 66 valence electrons. The van der Waals surface area contributed by atoms with Gasteiger partial charge in [-0.3, -0.25) is 0 Å². The van der Waals surface area contributed by atoms with E-state index in [4.69, 9.17) is 16.9 Å². The van der Waals surface area contributed by atoms with E-state index < -0.39 is 0 Å². The summed E-state index contributed by atoms with van der Waals surface area (Å²) in [5.74, 6) is 0.541. The molecule has 0 N–H and O–H groups in total. The average molecular weight is 258 g/mol. The van der Waals surface area contributed by atoms with Gasteiger partial charge in [-0.05, 0) is 34.8 Å². The van der Waals surface area contributed by atoms with E-state index in [1.54, 1.807) is 6.07 Å². The summed E-state index contributed by atoms with van der Waals surface area (Å²) >= 11 is 9.21. The zero-order valence-electron chi connectivity index (χ0n) is 6.72. The minimum Gasteiger partial charge on any atom is -0.238 e. The predicted octanol–water partition coefficient (Wildman–Crippen LogP) is 3.25. The van der Waals surface area contributed by atoms with Crippen LogP contribution >= 0.6 is 27.5 Å². The molecule has 1 aromatic rings. The standard InChI is InChI=1S/C9H6BrClN2/c10-7-3-6(4-12)9(11)13-8(7)5-1-2-5/h3,5H,1-2H2. The first-order chi connectivity index (χ1) is 6.22. The summed E-state index contributed by atoms with van der Waals surface area (Å²) in [6.07, 6.45) is 2.35. The van der Waals surface area contributed by atoms with Crippen LogP contribution in [0.4, 0.5) is 0 Å². The van der Waals surface area contributed by atoms with Crippen molar-refractivity contribution in [3.8, 4) is 6.07 Å². The Morgan fingerprint density at radius 3 is 2.85 bits per heavy atom. The summed E-state index contributed by atoms with van der Waals surface area (Å²) < 4.78 is 0.899. The van der Waals surface area contributed by atoms with E-state index in [2.05, 4.69) is 20.9 Å². The molecule has 0 spiro atoms. The molecule has 0 bridgehead atoms. The molecule has 0 aromatic carbocycles. The molecule has 0 radical (unpaired) electrons. The summed E-state index contributed by atoms with van der Waals surface area (Å²) in [5, 5.41) is 9.01. The Bertz CT molecular complexity index is 393. The van der Waals surface area contributed by atoms with Crippen LogP contribution in [0.15, 0.2) is 10.5 Å². The highest BCUT2D eigenvalue weighted by Gasteiger charge is 2.27. The lowest BCUT2D eigenvalue weighted by Crippen LogP contribution is -1.92. The highest BCUT2D eigenvalue weighted by Crippen LogP contribution is 2.42. The number of rotatable bonds is 1. The van der Waals surface area contributed by atoms with Gasteiger partial charge in [-0.15, -0.1) is 0 Å². The van der Waals surface area contributed by atoms with Crippen LogP contribution < -0.4 is 0 Å². The molecule has 0 saturated heterocycles. The van der Waals surface area contributed by atoms with Crippen LogP contribution in [0, 0.1) is 11.3 Å². The normalized spacial score (nSPS) is 15.5. The maximum absolute atomic E-state index is 8.69. The van der Waals surface area contributed by atoms with Crippen LogP contribution in [0.1, 0.15) is 30.0 Å². The van der Waals surface area contributed by atoms with Crippen molar-refractivity contribution in [1.82, 2.24) is 4.98 Å². The topological polar surface area (TPSA) is 36.7 Å². The van der Waals surface area contributed by atoms with Crippen LogP contribution in [0.3, 0.4) is 0 Å². The fraction of sp³-hybridized carbons (Fsp3) is 0.333. The molecule has 1 aliphatic carbocycles. The Hall–Kier alpha value is -0.590. The van der Waals surface area contributed by atoms with E-state index in [-0.39, 0.29) is 0 Å². The molecule has 1 saturated carbocycles. The van der Waals surface area contributed by atoms with Gasteiger partial charge in [0.05, 0.1) is 11.3 Å². The Morgan fingerprint density at radius 1 is 1.62 bits per heavy atom. The van der Waals surface area contributed by atoms with Gasteiger partial charge in [-0.25, -0.2) is 4.98 Å². The third kappa shape index (κ3) is 1.70. The van der Waals surface area contributed by atoms with Crippen LogP contribution in [-0.2, 0) is 0 Å². The largest absolute Gasteiger partial charge is 0.238 e. The molecule has 0 amide bonds. The van der Waals surface area contributed by atoms with Crippen LogP contribution in [0.5, 0.6) is 0 Å². The third-order valence-corrected chi connectivity index (χ3v) is 2.96. The van der Waals surface area contributed by atoms with Gasteiger partial charge in [0.15, 0.2) is 0 Å². The molecule has 1 heterocycles. The molecule has 0 atom stereocenters. The smallest absolute Gasteiger partial charge is 0.147 e. The second kappa shape index (κ2) is 3.28. The van der Waals surface area contributed by atoms with E-state index >= 15 is 0 Å². The molecule has 2 nitrogen and oxygen atoms in total. The molecular weight excluding hydrogens is 251 g/mol. The molecule has 0 aliphatic heterocycles. The lowest BCUT2D eigenvalue weighted by Gasteiger charge is -2.02. The van der Waals surface area contributed by atoms with Gasteiger partial charge < -0.3 is 0 Å². The summed E-state index contributed by atoms with van der Waals surface area (Å²) in [6.45, 7) is 0. The Morgan fingerprint density at radius 2 is 2.31 bits per heavy atom. The zero-order chi connectivity index (χ0) is 9.42. The molecule has 2 rings (SSSR count). The summed E-state index contributed by atoms with van der Waals surface area (Å²) in [7, 11) is 0. The Labute approximate surface area is 89.7 Å². The van der Waals surface area contributed by atoms with Crippen molar-refractivity contribution >= 4 is 27.5 Å². The quantitative estimate of drug-likeness (QED) is 0.724. The maximum atomic E-state index is 8.69. The molecule has 1 aliphatic rings. The molecular formula is C9H6BrClN2. The van der Waals surface area contributed by atoms with E-state index in [1.807, 2.05) is 6.07 Å². The Kier molecular flexibility index (Phi) is 2.27. The minimum atomic E-state index is 0.313. The van der Waals surface area contributed by atoms with Crippen molar-refractivity contribution in [3.05, 3.63) is 26.9 Å². The molecule has 4 heteroatoms. The Balaban J connectivity index is 2.50. The molecule has 1 aromatic heterocycles. The van der Waals surface area contributed by atoms with E-state index in [0.29, 0.717) is 16.6 Å². The predicted molar refractivity (Wildman–Crippen MR) is 53.6 cm³/mol. The van der Waals surface area contributed by atoms with E-state index in [9.17, 15) is 0 Å². The van der Waals surface area contributed by atoms with Gasteiger partial charge >= 0.3 is 0 Å². The summed E-state index contributed by atoms with van der Waals surface area (Å²) in [6, 6.07) is 3.74.